The van der Waals surface area contributed by atoms with Crippen molar-refractivity contribution in [2.45, 2.75) is 32.9 Å². The highest BCUT2D eigenvalue weighted by molar-refractivity contribution is 9.10. The van der Waals surface area contributed by atoms with Crippen LogP contribution in [-0.4, -0.2) is 36.5 Å². The molecule has 0 radical (unpaired) electrons. The summed E-state index contributed by atoms with van der Waals surface area (Å²) < 4.78 is 6.03. The summed E-state index contributed by atoms with van der Waals surface area (Å²) in [5, 5.41) is 5.21. The molecule has 1 aromatic rings. The minimum atomic E-state index is -0.960. The number of halogens is 1. The van der Waals surface area contributed by atoms with Gasteiger partial charge in [-0.25, -0.2) is 4.79 Å². The lowest BCUT2D eigenvalue weighted by molar-refractivity contribution is -0.157. The summed E-state index contributed by atoms with van der Waals surface area (Å²) in [6.07, 6.45) is 0.570. The standard InChI is InChI=1S/C18H23BrN2O4/c1-5-10-20-16(22)12(4)25-18(24)15(11(2)3)21-17(23)13-6-8-14(19)9-7-13/h5-9,11-12,15H,1,10H2,2-4H3,(H,20,22)(H,21,23)/t12-,15-/m0/s1. The van der Waals surface area contributed by atoms with Crippen molar-refractivity contribution in [3.8, 4) is 0 Å². The third kappa shape index (κ3) is 6.70. The van der Waals surface area contributed by atoms with Crippen LogP contribution in [0.4, 0.5) is 0 Å². The van der Waals surface area contributed by atoms with Crippen molar-refractivity contribution in [1.82, 2.24) is 10.6 Å². The van der Waals surface area contributed by atoms with E-state index in [1.807, 2.05) is 0 Å². The van der Waals surface area contributed by atoms with Crippen LogP contribution < -0.4 is 10.6 Å². The molecule has 0 fully saturated rings. The molecule has 1 rings (SSSR count). The van der Waals surface area contributed by atoms with E-state index in [9.17, 15) is 14.4 Å². The number of carbonyl (C=O) groups excluding carboxylic acids is 3. The van der Waals surface area contributed by atoms with Crippen molar-refractivity contribution < 1.29 is 19.1 Å². The predicted molar refractivity (Wildman–Crippen MR) is 99.0 cm³/mol. The first-order valence-corrected chi connectivity index (χ1v) is 8.71. The monoisotopic (exact) mass is 410 g/mol. The van der Waals surface area contributed by atoms with Gasteiger partial charge in [0.25, 0.3) is 11.8 Å². The van der Waals surface area contributed by atoms with E-state index in [1.54, 1.807) is 38.1 Å². The van der Waals surface area contributed by atoms with Crippen LogP contribution >= 0.6 is 15.9 Å². The lowest BCUT2D eigenvalue weighted by atomic mass is 10.0. The van der Waals surface area contributed by atoms with Crippen LogP contribution in [0, 0.1) is 5.92 Å². The summed E-state index contributed by atoms with van der Waals surface area (Å²) in [5.41, 5.74) is 0.429. The molecular weight excluding hydrogens is 388 g/mol. The third-order valence-corrected chi connectivity index (χ3v) is 3.93. The highest BCUT2D eigenvalue weighted by atomic mass is 79.9. The molecule has 7 heteroatoms. The number of nitrogens with one attached hydrogen (secondary N) is 2. The van der Waals surface area contributed by atoms with Crippen molar-refractivity contribution in [3.63, 3.8) is 0 Å². The van der Waals surface area contributed by atoms with E-state index in [0.29, 0.717) is 5.56 Å². The number of carbonyl (C=O) groups is 3. The summed E-state index contributed by atoms with van der Waals surface area (Å²) in [6, 6.07) is 5.92. The Hall–Kier alpha value is -2.15. The maximum Gasteiger partial charge on any atom is 0.329 e. The fourth-order valence-corrected chi connectivity index (χ4v) is 2.21. The third-order valence-electron chi connectivity index (χ3n) is 3.40. The zero-order valence-corrected chi connectivity index (χ0v) is 16.1. The predicted octanol–water partition coefficient (Wildman–Crippen LogP) is 2.44. The largest absolute Gasteiger partial charge is 0.451 e. The van der Waals surface area contributed by atoms with E-state index >= 15 is 0 Å². The molecule has 0 heterocycles. The van der Waals surface area contributed by atoms with E-state index in [-0.39, 0.29) is 18.4 Å². The first kappa shape index (κ1) is 20.9. The molecule has 0 unspecified atom stereocenters. The molecule has 2 N–H and O–H groups in total. The van der Waals surface area contributed by atoms with Crippen LogP contribution in [0.5, 0.6) is 0 Å². The number of esters is 1. The van der Waals surface area contributed by atoms with Crippen molar-refractivity contribution in [1.29, 1.82) is 0 Å². The maximum absolute atomic E-state index is 12.3. The zero-order valence-electron chi connectivity index (χ0n) is 14.5. The molecule has 1 aromatic carbocycles. The SMILES string of the molecule is C=CCNC(=O)[C@H](C)OC(=O)[C@@H](NC(=O)c1ccc(Br)cc1)C(C)C. The Morgan fingerprint density at radius 3 is 2.32 bits per heavy atom. The average molecular weight is 411 g/mol. The van der Waals surface area contributed by atoms with Crippen LogP contribution in [0.1, 0.15) is 31.1 Å². The summed E-state index contributed by atoms with van der Waals surface area (Å²) in [4.78, 5) is 36.4. The van der Waals surface area contributed by atoms with Gasteiger partial charge in [-0.1, -0.05) is 35.9 Å². The molecule has 0 aliphatic carbocycles. The topological polar surface area (TPSA) is 84.5 Å². The Balaban J connectivity index is 2.73. The molecule has 136 valence electrons. The van der Waals surface area contributed by atoms with Crippen LogP contribution in [0.3, 0.4) is 0 Å². The Bertz CT molecular complexity index is 628. The quantitative estimate of drug-likeness (QED) is 0.509. The first-order chi connectivity index (χ1) is 11.8. The second kappa shape index (κ2) is 9.98. The van der Waals surface area contributed by atoms with Gasteiger partial charge in [0.05, 0.1) is 0 Å². The Morgan fingerprint density at radius 2 is 1.80 bits per heavy atom. The molecule has 0 saturated carbocycles. The molecule has 0 saturated heterocycles. The van der Waals surface area contributed by atoms with Gasteiger partial charge >= 0.3 is 5.97 Å². The minimum absolute atomic E-state index is 0.199. The molecule has 0 spiro atoms. The number of hydrogen-bond acceptors (Lipinski definition) is 4. The number of ether oxygens (including phenoxy) is 1. The Morgan fingerprint density at radius 1 is 1.20 bits per heavy atom. The maximum atomic E-state index is 12.3. The van der Waals surface area contributed by atoms with Gasteiger partial charge in [0, 0.05) is 16.6 Å². The summed E-state index contributed by atoms with van der Waals surface area (Å²) in [7, 11) is 0. The number of hydrogen-bond donors (Lipinski definition) is 2. The van der Waals surface area contributed by atoms with E-state index in [2.05, 4.69) is 33.1 Å². The second-order valence-corrected chi connectivity index (χ2v) is 6.73. The van der Waals surface area contributed by atoms with Gasteiger partial charge in [-0.15, -0.1) is 6.58 Å². The average Bonchev–Trinajstić information content (AvgIpc) is 2.57. The van der Waals surface area contributed by atoms with E-state index in [0.717, 1.165) is 4.47 Å². The van der Waals surface area contributed by atoms with E-state index < -0.39 is 24.0 Å². The van der Waals surface area contributed by atoms with Crippen molar-refractivity contribution in [2.75, 3.05) is 6.54 Å². The van der Waals surface area contributed by atoms with Crippen LogP contribution in [0.15, 0.2) is 41.4 Å². The molecule has 6 nitrogen and oxygen atoms in total. The Kier molecular flexibility index (Phi) is 8.34. The molecule has 0 aliphatic heterocycles. The molecule has 2 atom stereocenters. The fourth-order valence-electron chi connectivity index (χ4n) is 1.94. The van der Waals surface area contributed by atoms with Crippen molar-refractivity contribution in [2.24, 2.45) is 5.92 Å². The number of rotatable bonds is 8. The van der Waals surface area contributed by atoms with Gasteiger partial charge in [0.2, 0.25) is 0 Å². The smallest absolute Gasteiger partial charge is 0.329 e. The van der Waals surface area contributed by atoms with Crippen LogP contribution in [-0.2, 0) is 14.3 Å². The Labute approximate surface area is 156 Å². The summed E-state index contributed by atoms with van der Waals surface area (Å²) in [6.45, 7) is 8.84. The lowest BCUT2D eigenvalue weighted by Crippen LogP contribution is -2.47. The molecular formula is C18H23BrN2O4. The highest BCUT2D eigenvalue weighted by Gasteiger charge is 2.29. The number of amides is 2. The van der Waals surface area contributed by atoms with Gasteiger partial charge in [-0.05, 0) is 37.1 Å². The van der Waals surface area contributed by atoms with E-state index in [1.165, 1.54) is 13.0 Å². The zero-order chi connectivity index (χ0) is 19.0. The summed E-state index contributed by atoms with van der Waals surface area (Å²) >= 11 is 3.30. The van der Waals surface area contributed by atoms with Gasteiger partial charge < -0.3 is 15.4 Å². The molecule has 25 heavy (non-hydrogen) atoms. The second-order valence-electron chi connectivity index (χ2n) is 5.81. The van der Waals surface area contributed by atoms with Crippen molar-refractivity contribution in [3.05, 3.63) is 47.0 Å². The van der Waals surface area contributed by atoms with Crippen molar-refractivity contribution >= 4 is 33.7 Å². The molecule has 2 amide bonds. The van der Waals surface area contributed by atoms with Gasteiger partial charge in [-0.3, -0.25) is 9.59 Å². The highest BCUT2D eigenvalue weighted by Crippen LogP contribution is 2.12. The minimum Gasteiger partial charge on any atom is -0.451 e. The lowest BCUT2D eigenvalue weighted by Gasteiger charge is -2.23. The summed E-state index contributed by atoms with van der Waals surface area (Å²) in [5.74, 6) is -1.65. The van der Waals surface area contributed by atoms with Crippen LogP contribution in [0.2, 0.25) is 0 Å². The number of benzene rings is 1. The van der Waals surface area contributed by atoms with Crippen LogP contribution in [0.25, 0.3) is 0 Å². The normalized spacial score (nSPS) is 12.8. The van der Waals surface area contributed by atoms with Gasteiger partial charge in [-0.2, -0.15) is 0 Å². The molecule has 0 aliphatic rings. The van der Waals surface area contributed by atoms with Gasteiger partial charge in [0.15, 0.2) is 6.10 Å². The van der Waals surface area contributed by atoms with Gasteiger partial charge in [0.1, 0.15) is 6.04 Å². The molecule has 0 bridgehead atoms. The fraction of sp³-hybridized carbons (Fsp3) is 0.389. The molecule has 0 aromatic heterocycles. The first-order valence-electron chi connectivity index (χ1n) is 7.91. The van der Waals surface area contributed by atoms with E-state index in [4.69, 9.17) is 4.74 Å².